The van der Waals surface area contributed by atoms with Crippen LogP contribution >= 0.6 is 0 Å². The molecule has 1 amide bonds. The van der Waals surface area contributed by atoms with Gasteiger partial charge in [-0.25, -0.2) is 0 Å². The number of nitrogens with two attached hydrogens (primary N) is 1. The van der Waals surface area contributed by atoms with Crippen LogP contribution in [0.1, 0.15) is 11.1 Å². The minimum atomic E-state index is -0.691. The Morgan fingerprint density at radius 1 is 1.19 bits per heavy atom. The minimum absolute atomic E-state index is 0.177. The molecule has 2 aromatic carbocycles. The van der Waals surface area contributed by atoms with Crippen molar-refractivity contribution < 1.29 is 15.0 Å². The van der Waals surface area contributed by atoms with Crippen molar-refractivity contribution in [2.45, 2.75) is 19.4 Å². The molecule has 0 bridgehead atoms. The van der Waals surface area contributed by atoms with E-state index in [-0.39, 0.29) is 17.4 Å². The molecular formula is C16H18N2O3. The van der Waals surface area contributed by atoms with Gasteiger partial charge < -0.3 is 21.3 Å². The van der Waals surface area contributed by atoms with Gasteiger partial charge in [0.05, 0.1) is 6.04 Å². The molecule has 5 heteroatoms. The van der Waals surface area contributed by atoms with Crippen molar-refractivity contribution in [1.29, 1.82) is 0 Å². The average Bonchev–Trinajstić information content (AvgIpc) is 2.45. The van der Waals surface area contributed by atoms with Gasteiger partial charge in [-0.1, -0.05) is 12.1 Å². The fraction of sp³-hybridized carbons (Fsp3) is 0.188. The summed E-state index contributed by atoms with van der Waals surface area (Å²) >= 11 is 0. The molecule has 110 valence electrons. The third-order valence-corrected chi connectivity index (χ3v) is 3.19. The number of carbonyl (C=O) groups excluding carboxylic acids is 1. The molecule has 0 heterocycles. The minimum Gasteiger partial charge on any atom is -0.508 e. The Bertz CT molecular complexity index is 638. The van der Waals surface area contributed by atoms with Crippen LogP contribution in [0.2, 0.25) is 0 Å². The van der Waals surface area contributed by atoms with Crippen LogP contribution in [-0.4, -0.2) is 22.2 Å². The Balaban J connectivity index is 1.98. The van der Waals surface area contributed by atoms with Crippen LogP contribution in [0.3, 0.4) is 0 Å². The highest BCUT2D eigenvalue weighted by molar-refractivity contribution is 5.95. The van der Waals surface area contributed by atoms with Crippen molar-refractivity contribution in [3.05, 3.63) is 53.6 Å². The van der Waals surface area contributed by atoms with Gasteiger partial charge in [-0.3, -0.25) is 4.79 Å². The number of benzene rings is 2. The fourth-order valence-electron chi connectivity index (χ4n) is 1.95. The number of aromatic hydroxyl groups is 2. The lowest BCUT2D eigenvalue weighted by Crippen LogP contribution is -2.37. The zero-order valence-corrected chi connectivity index (χ0v) is 11.7. The number of anilines is 1. The lowest BCUT2D eigenvalue weighted by atomic mass is 10.1. The van der Waals surface area contributed by atoms with E-state index in [9.17, 15) is 15.0 Å². The molecule has 0 saturated carbocycles. The first-order valence-corrected chi connectivity index (χ1v) is 6.59. The van der Waals surface area contributed by atoms with Gasteiger partial charge in [-0.2, -0.15) is 0 Å². The molecule has 0 radical (unpaired) electrons. The van der Waals surface area contributed by atoms with E-state index >= 15 is 0 Å². The maximum atomic E-state index is 12.0. The highest BCUT2D eigenvalue weighted by Gasteiger charge is 2.14. The summed E-state index contributed by atoms with van der Waals surface area (Å²) in [6, 6.07) is 10.7. The van der Waals surface area contributed by atoms with Gasteiger partial charge in [0, 0.05) is 5.69 Å². The Hall–Kier alpha value is -2.53. The highest BCUT2D eigenvalue weighted by atomic mass is 16.3. The van der Waals surface area contributed by atoms with Gasteiger partial charge in [-0.15, -0.1) is 0 Å². The molecule has 0 aliphatic carbocycles. The van der Waals surface area contributed by atoms with Crippen LogP contribution in [0.25, 0.3) is 0 Å². The number of rotatable bonds is 4. The molecule has 5 nitrogen and oxygen atoms in total. The zero-order chi connectivity index (χ0) is 15.4. The number of hydrogen-bond acceptors (Lipinski definition) is 4. The number of amides is 1. The van der Waals surface area contributed by atoms with Crippen molar-refractivity contribution in [1.82, 2.24) is 0 Å². The first-order chi connectivity index (χ1) is 9.95. The summed E-state index contributed by atoms with van der Waals surface area (Å²) in [5.41, 5.74) is 8.03. The summed E-state index contributed by atoms with van der Waals surface area (Å²) in [6.07, 6.45) is 0.378. The second-order valence-corrected chi connectivity index (χ2v) is 4.97. The van der Waals surface area contributed by atoms with E-state index in [1.54, 1.807) is 43.3 Å². The lowest BCUT2D eigenvalue weighted by Gasteiger charge is -2.13. The summed E-state index contributed by atoms with van der Waals surface area (Å²) in [5.74, 6) is 0.0610. The van der Waals surface area contributed by atoms with Crippen LogP contribution in [-0.2, 0) is 11.2 Å². The number of phenolic OH excluding ortho intramolecular Hbond substituents is 2. The number of hydrogen-bond donors (Lipinski definition) is 4. The van der Waals surface area contributed by atoms with E-state index in [2.05, 4.69) is 5.32 Å². The molecule has 0 aliphatic rings. The van der Waals surface area contributed by atoms with Gasteiger partial charge in [0.15, 0.2) is 0 Å². The Morgan fingerprint density at radius 3 is 2.48 bits per heavy atom. The van der Waals surface area contributed by atoms with Gasteiger partial charge >= 0.3 is 0 Å². The number of nitrogens with one attached hydrogen (secondary N) is 1. The van der Waals surface area contributed by atoms with Crippen LogP contribution in [0, 0.1) is 6.92 Å². The van der Waals surface area contributed by atoms with Crippen LogP contribution in [0.5, 0.6) is 11.5 Å². The van der Waals surface area contributed by atoms with Crippen molar-refractivity contribution in [2.75, 3.05) is 5.32 Å². The number of carbonyl (C=O) groups is 1. The van der Waals surface area contributed by atoms with E-state index in [0.29, 0.717) is 17.7 Å². The van der Waals surface area contributed by atoms with Crippen molar-refractivity contribution >= 4 is 11.6 Å². The summed E-state index contributed by atoms with van der Waals surface area (Å²) in [4.78, 5) is 12.0. The maximum Gasteiger partial charge on any atom is 0.241 e. The first kappa shape index (κ1) is 14.9. The van der Waals surface area contributed by atoms with Gasteiger partial charge in [0.2, 0.25) is 5.91 Å². The standard InChI is InChI=1S/C16H18N2O3/c1-10-8-12(4-7-15(10)20)18-16(21)14(17)9-11-2-5-13(19)6-3-11/h2-8,14,19-20H,9,17H2,1H3,(H,18,21)/t14-/m1/s1. The van der Waals surface area contributed by atoms with E-state index in [1.165, 1.54) is 6.07 Å². The van der Waals surface area contributed by atoms with Gasteiger partial charge in [-0.05, 0) is 54.8 Å². The molecule has 0 saturated heterocycles. The monoisotopic (exact) mass is 286 g/mol. The molecule has 1 atom stereocenters. The third-order valence-electron chi connectivity index (χ3n) is 3.19. The molecule has 0 spiro atoms. The second-order valence-electron chi connectivity index (χ2n) is 4.97. The molecule has 2 aromatic rings. The smallest absolute Gasteiger partial charge is 0.241 e. The SMILES string of the molecule is Cc1cc(NC(=O)[C@H](N)Cc2ccc(O)cc2)ccc1O. The van der Waals surface area contributed by atoms with E-state index in [4.69, 9.17) is 5.73 Å². The Morgan fingerprint density at radius 2 is 1.86 bits per heavy atom. The first-order valence-electron chi connectivity index (χ1n) is 6.59. The highest BCUT2D eigenvalue weighted by Crippen LogP contribution is 2.20. The third kappa shape index (κ3) is 3.97. The van der Waals surface area contributed by atoms with Crippen LogP contribution < -0.4 is 11.1 Å². The summed E-state index contributed by atoms with van der Waals surface area (Å²) in [6.45, 7) is 1.75. The molecular weight excluding hydrogens is 268 g/mol. The number of aryl methyl sites for hydroxylation is 1. The van der Waals surface area contributed by atoms with Crippen molar-refractivity contribution in [2.24, 2.45) is 5.73 Å². The molecule has 0 aliphatic heterocycles. The predicted octanol–water partition coefficient (Wildman–Crippen LogP) is 1.91. The molecule has 21 heavy (non-hydrogen) atoms. The van der Waals surface area contributed by atoms with Crippen LogP contribution in [0.4, 0.5) is 5.69 Å². The second kappa shape index (κ2) is 6.28. The van der Waals surface area contributed by atoms with E-state index < -0.39 is 6.04 Å². The molecule has 0 fully saturated rings. The Kier molecular flexibility index (Phi) is 4.45. The van der Waals surface area contributed by atoms with E-state index in [1.807, 2.05) is 0 Å². The molecule has 2 rings (SSSR count). The predicted molar refractivity (Wildman–Crippen MR) is 81.3 cm³/mol. The van der Waals surface area contributed by atoms with Crippen molar-refractivity contribution in [3.63, 3.8) is 0 Å². The summed E-state index contributed by atoms with van der Waals surface area (Å²) in [5, 5.41) is 21.4. The van der Waals surface area contributed by atoms with Crippen molar-refractivity contribution in [3.8, 4) is 11.5 Å². The molecule has 5 N–H and O–H groups in total. The molecule has 0 unspecified atom stereocenters. The maximum absolute atomic E-state index is 12.0. The quantitative estimate of drug-likeness (QED) is 0.646. The average molecular weight is 286 g/mol. The lowest BCUT2D eigenvalue weighted by molar-refractivity contribution is -0.117. The summed E-state index contributed by atoms with van der Waals surface area (Å²) in [7, 11) is 0. The van der Waals surface area contributed by atoms with Gasteiger partial charge in [0.25, 0.3) is 0 Å². The normalized spacial score (nSPS) is 11.9. The molecule has 0 aromatic heterocycles. The topological polar surface area (TPSA) is 95.6 Å². The number of phenols is 2. The fourth-order valence-corrected chi connectivity index (χ4v) is 1.95. The zero-order valence-electron chi connectivity index (χ0n) is 11.7. The van der Waals surface area contributed by atoms with E-state index in [0.717, 1.165) is 5.56 Å². The Labute approximate surface area is 123 Å². The van der Waals surface area contributed by atoms with Crippen LogP contribution in [0.15, 0.2) is 42.5 Å². The summed E-state index contributed by atoms with van der Waals surface area (Å²) < 4.78 is 0. The largest absolute Gasteiger partial charge is 0.508 e. The van der Waals surface area contributed by atoms with Gasteiger partial charge in [0.1, 0.15) is 11.5 Å².